The molecule has 1 aromatic carbocycles. The van der Waals surface area contributed by atoms with E-state index in [4.69, 9.17) is 10.3 Å². The number of aromatic nitrogens is 3. The molecule has 2 heterocycles. The minimum Gasteiger partial charge on any atom is -0.368 e. The first kappa shape index (κ1) is 8.96. The van der Waals surface area contributed by atoms with Crippen LogP contribution >= 0.6 is 0 Å². The number of hydrogen-bond donors (Lipinski definition) is 1. The summed E-state index contributed by atoms with van der Waals surface area (Å²) in [5.74, 6) is 0.296. The first-order chi connectivity index (χ1) is 7.75. The largest absolute Gasteiger partial charge is 0.368 e. The van der Waals surface area contributed by atoms with E-state index < -0.39 is 0 Å². The van der Waals surface area contributed by atoms with Gasteiger partial charge in [0.05, 0.1) is 5.52 Å². The number of rotatable bonds is 1. The maximum atomic E-state index is 5.50. The highest BCUT2D eigenvalue weighted by Gasteiger charge is 2.13. The van der Waals surface area contributed by atoms with Gasteiger partial charge >= 0.3 is 0 Å². The standard InChI is InChI=1S/C11H10N4O/c1-15-9-5-3-2-4-7(9)11(13-15)8-6-10(12)16-14-8/h2-6H,12H2,1H3. The second kappa shape index (κ2) is 3.10. The quantitative estimate of drug-likeness (QED) is 0.670. The zero-order valence-electron chi connectivity index (χ0n) is 8.71. The van der Waals surface area contributed by atoms with Crippen LogP contribution in [0.15, 0.2) is 34.9 Å². The topological polar surface area (TPSA) is 69.9 Å². The van der Waals surface area contributed by atoms with Gasteiger partial charge in [-0.15, -0.1) is 0 Å². The molecule has 0 atom stereocenters. The van der Waals surface area contributed by atoms with Crippen LogP contribution in [-0.4, -0.2) is 14.9 Å². The molecule has 0 saturated carbocycles. The minimum absolute atomic E-state index is 0.296. The summed E-state index contributed by atoms with van der Waals surface area (Å²) in [7, 11) is 1.90. The maximum absolute atomic E-state index is 5.50. The fourth-order valence-electron chi connectivity index (χ4n) is 1.80. The Morgan fingerprint density at radius 2 is 2.12 bits per heavy atom. The molecule has 0 aliphatic rings. The summed E-state index contributed by atoms with van der Waals surface area (Å²) < 4.78 is 6.67. The van der Waals surface area contributed by atoms with Crippen LogP contribution in [0.2, 0.25) is 0 Å². The first-order valence-electron chi connectivity index (χ1n) is 4.90. The molecule has 16 heavy (non-hydrogen) atoms. The van der Waals surface area contributed by atoms with Gasteiger partial charge in [0.15, 0.2) is 0 Å². The highest BCUT2D eigenvalue weighted by Crippen LogP contribution is 2.27. The lowest BCUT2D eigenvalue weighted by Crippen LogP contribution is -1.89. The van der Waals surface area contributed by atoms with E-state index in [0.717, 1.165) is 16.6 Å². The minimum atomic E-state index is 0.296. The molecule has 5 nitrogen and oxygen atoms in total. The summed E-state index contributed by atoms with van der Waals surface area (Å²) in [5, 5.41) is 9.33. The van der Waals surface area contributed by atoms with Gasteiger partial charge in [-0.3, -0.25) is 4.68 Å². The predicted molar refractivity (Wildman–Crippen MR) is 60.6 cm³/mol. The third-order valence-corrected chi connectivity index (χ3v) is 2.53. The molecule has 0 radical (unpaired) electrons. The third kappa shape index (κ3) is 1.18. The van der Waals surface area contributed by atoms with Crippen molar-refractivity contribution in [3.63, 3.8) is 0 Å². The van der Waals surface area contributed by atoms with Gasteiger partial charge in [0.1, 0.15) is 11.4 Å². The Hall–Kier alpha value is -2.30. The summed E-state index contributed by atoms with van der Waals surface area (Å²) in [6, 6.07) is 9.63. The van der Waals surface area contributed by atoms with Crippen molar-refractivity contribution >= 4 is 16.8 Å². The smallest absolute Gasteiger partial charge is 0.222 e. The van der Waals surface area contributed by atoms with Crippen molar-refractivity contribution in [2.75, 3.05) is 5.73 Å². The fraction of sp³-hybridized carbons (Fsp3) is 0.0909. The van der Waals surface area contributed by atoms with Crippen LogP contribution in [0.5, 0.6) is 0 Å². The van der Waals surface area contributed by atoms with Crippen molar-refractivity contribution in [1.29, 1.82) is 0 Å². The summed E-state index contributed by atoms with van der Waals surface area (Å²) in [6.45, 7) is 0. The molecule has 3 rings (SSSR count). The van der Waals surface area contributed by atoms with Crippen molar-refractivity contribution < 1.29 is 4.52 Å². The van der Waals surface area contributed by atoms with Crippen molar-refractivity contribution in [2.45, 2.75) is 0 Å². The number of nitrogens with two attached hydrogens (primary N) is 1. The van der Waals surface area contributed by atoms with Crippen LogP contribution in [0, 0.1) is 0 Å². The molecule has 2 aromatic heterocycles. The SMILES string of the molecule is Cn1nc(-c2cc(N)on2)c2ccccc21. The van der Waals surface area contributed by atoms with E-state index in [1.165, 1.54) is 0 Å². The number of anilines is 1. The number of nitrogens with zero attached hydrogens (tertiary/aromatic N) is 3. The monoisotopic (exact) mass is 214 g/mol. The summed E-state index contributed by atoms with van der Waals surface area (Å²) in [4.78, 5) is 0. The second-order valence-electron chi connectivity index (χ2n) is 3.60. The van der Waals surface area contributed by atoms with E-state index in [9.17, 15) is 0 Å². The van der Waals surface area contributed by atoms with E-state index >= 15 is 0 Å². The van der Waals surface area contributed by atoms with Gasteiger partial charge in [-0.2, -0.15) is 5.10 Å². The zero-order valence-corrected chi connectivity index (χ0v) is 8.71. The Balaban J connectivity index is 2.32. The van der Waals surface area contributed by atoms with Gasteiger partial charge in [0, 0.05) is 18.5 Å². The van der Waals surface area contributed by atoms with Crippen LogP contribution in [0.4, 0.5) is 5.88 Å². The average molecular weight is 214 g/mol. The lowest BCUT2D eigenvalue weighted by atomic mass is 10.2. The van der Waals surface area contributed by atoms with Gasteiger partial charge in [0.2, 0.25) is 5.88 Å². The van der Waals surface area contributed by atoms with Crippen LogP contribution in [0.25, 0.3) is 22.3 Å². The molecular weight excluding hydrogens is 204 g/mol. The molecule has 0 unspecified atom stereocenters. The Kier molecular flexibility index (Phi) is 1.73. The normalized spacial score (nSPS) is 11.1. The highest BCUT2D eigenvalue weighted by molar-refractivity contribution is 5.92. The van der Waals surface area contributed by atoms with Crippen LogP contribution < -0.4 is 5.73 Å². The van der Waals surface area contributed by atoms with Gasteiger partial charge in [-0.05, 0) is 6.07 Å². The molecule has 5 heteroatoms. The molecule has 0 spiro atoms. The third-order valence-electron chi connectivity index (χ3n) is 2.53. The van der Waals surface area contributed by atoms with E-state index in [-0.39, 0.29) is 0 Å². The Morgan fingerprint density at radius 1 is 1.31 bits per heavy atom. The van der Waals surface area contributed by atoms with E-state index in [0.29, 0.717) is 11.6 Å². The number of para-hydroxylation sites is 1. The van der Waals surface area contributed by atoms with E-state index in [1.807, 2.05) is 36.0 Å². The number of aryl methyl sites for hydroxylation is 1. The highest BCUT2D eigenvalue weighted by atomic mass is 16.5. The maximum Gasteiger partial charge on any atom is 0.222 e. The molecular formula is C11H10N4O. The summed E-state index contributed by atoms with van der Waals surface area (Å²) >= 11 is 0. The second-order valence-corrected chi connectivity index (χ2v) is 3.60. The number of nitrogen functional groups attached to an aromatic ring is 1. The Bertz CT molecular complexity index is 653. The molecule has 3 aromatic rings. The Morgan fingerprint density at radius 3 is 2.88 bits per heavy atom. The average Bonchev–Trinajstić information content (AvgIpc) is 2.84. The number of benzene rings is 1. The van der Waals surface area contributed by atoms with Crippen LogP contribution in [0.3, 0.4) is 0 Å². The number of hydrogen-bond acceptors (Lipinski definition) is 4. The summed E-state index contributed by atoms with van der Waals surface area (Å²) in [6.07, 6.45) is 0. The number of fused-ring (bicyclic) bond motifs is 1. The Labute approximate surface area is 91.4 Å². The lowest BCUT2D eigenvalue weighted by Gasteiger charge is -1.90. The van der Waals surface area contributed by atoms with Crippen molar-refractivity contribution in [3.05, 3.63) is 30.3 Å². The predicted octanol–water partition coefficient (Wildman–Crippen LogP) is 1.81. The van der Waals surface area contributed by atoms with Crippen molar-refractivity contribution in [2.24, 2.45) is 7.05 Å². The molecule has 0 aliphatic carbocycles. The van der Waals surface area contributed by atoms with Gasteiger partial charge in [-0.25, -0.2) is 0 Å². The van der Waals surface area contributed by atoms with E-state index in [1.54, 1.807) is 6.07 Å². The summed E-state index contributed by atoms with van der Waals surface area (Å²) in [5.41, 5.74) is 8.01. The van der Waals surface area contributed by atoms with Crippen LogP contribution in [-0.2, 0) is 7.05 Å². The first-order valence-corrected chi connectivity index (χ1v) is 4.90. The molecule has 0 bridgehead atoms. The molecule has 0 fully saturated rings. The molecule has 0 aliphatic heterocycles. The van der Waals surface area contributed by atoms with Crippen LogP contribution in [0.1, 0.15) is 0 Å². The van der Waals surface area contributed by atoms with Gasteiger partial charge in [0.25, 0.3) is 0 Å². The molecule has 0 saturated heterocycles. The van der Waals surface area contributed by atoms with Crippen molar-refractivity contribution in [3.8, 4) is 11.4 Å². The van der Waals surface area contributed by atoms with Gasteiger partial charge < -0.3 is 10.3 Å². The lowest BCUT2D eigenvalue weighted by molar-refractivity contribution is 0.439. The van der Waals surface area contributed by atoms with Crippen molar-refractivity contribution in [1.82, 2.24) is 14.9 Å². The molecule has 0 amide bonds. The zero-order chi connectivity index (χ0) is 11.1. The van der Waals surface area contributed by atoms with E-state index in [2.05, 4.69) is 10.3 Å². The molecule has 2 N–H and O–H groups in total. The van der Waals surface area contributed by atoms with Gasteiger partial charge in [-0.1, -0.05) is 23.4 Å². The fourth-order valence-corrected chi connectivity index (χ4v) is 1.80. The molecule has 80 valence electrons.